The highest BCUT2D eigenvalue weighted by Gasteiger charge is 2.31. The number of carbonyl (C=O) groups is 1. The molecule has 4 rings (SSSR count). The number of sulfonamides is 1. The van der Waals surface area contributed by atoms with E-state index in [4.69, 9.17) is 0 Å². The molecule has 0 radical (unpaired) electrons. The van der Waals surface area contributed by atoms with Crippen molar-refractivity contribution in [1.82, 2.24) is 9.47 Å². The fraction of sp³-hybridized carbons (Fsp3) is 0.318. The third kappa shape index (κ3) is 4.10. The summed E-state index contributed by atoms with van der Waals surface area (Å²) in [6.07, 6.45) is 1.85. The maximum Gasteiger partial charge on any atom is 0.407 e. The Morgan fingerprint density at radius 2 is 1.90 bits per heavy atom. The van der Waals surface area contributed by atoms with Crippen molar-refractivity contribution in [2.75, 3.05) is 17.8 Å². The van der Waals surface area contributed by atoms with Gasteiger partial charge in [0.15, 0.2) is 0 Å². The Kier molecular flexibility index (Phi) is 5.38. The third-order valence-corrected chi connectivity index (χ3v) is 7.37. The van der Waals surface area contributed by atoms with Crippen LogP contribution in [0.25, 0.3) is 10.9 Å². The smallest absolute Gasteiger partial charge is 0.407 e. The molecule has 2 atom stereocenters. The Hall–Kier alpha value is -3.07. The van der Waals surface area contributed by atoms with Gasteiger partial charge < -0.3 is 14.6 Å². The zero-order chi connectivity index (χ0) is 22.3. The Bertz CT molecular complexity index is 1240. The van der Waals surface area contributed by atoms with E-state index in [1.165, 1.54) is 17.0 Å². The SMILES string of the molecule is C[C@H]1CN(C(=O)O)CC[C@H]1c1cn(C)c2ccc(NS(=O)(=O)c3ccc(F)cc3)cc12. The molecule has 2 aromatic carbocycles. The number of anilines is 1. The van der Waals surface area contributed by atoms with Gasteiger partial charge >= 0.3 is 6.09 Å². The van der Waals surface area contributed by atoms with Crippen molar-refractivity contribution >= 4 is 32.7 Å². The van der Waals surface area contributed by atoms with Gasteiger partial charge in [-0.25, -0.2) is 17.6 Å². The number of amides is 1. The lowest BCUT2D eigenvalue weighted by Crippen LogP contribution is -2.41. The molecule has 1 aliphatic rings. The number of benzene rings is 2. The number of nitrogens with zero attached hydrogens (tertiary/aromatic N) is 2. The highest BCUT2D eigenvalue weighted by molar-refractivity contribution is 7.92. The fourth-order valence-corrected chi connectivity index (χ4v) is 5.44. The molecule has 9 heteroatoms. The quantitative estimate of drug-likeness (QED) is 0.629. The molecule has 1 aliphatic heterocycles. The largest absolute Gasteiger partial charge is 0.465 e. The van der Waals surface area contributed by atoms with Gasteiger partial charge in [-0.1, -0.05) is 6.92 Å². The van der Waals surface area contributed by atoms with Gasteiger partial charge in [0.1, 0.15) is 5.82 Å². The molecule has 7 nitrogen and oxygen atoms in total. The summed E-state index contributed by atoms with van der Waals surface area (Å²) in [5, 5.41) is 10.2. The molecule has 0 aliphatic carbocycles. The van der Waals surface area contributed by atoms with E-state index < -0.39 is 21.9 Å². The van der Waals surface area contributed by atoms with Gasteiger partial charge in [-0.05, 0) is 66.3 Å². The summed E-state index contributed by atoms with van der Waals surface area (Å²) in [5.41, 5.74) is 2.46. The minimum absolute atomic E-state index is 0.0167. The summed E-state index contributed by atoms with van der Waals surface area (Å²) in [4.78, 5) is 12.7. The number of fused-ring (bicyclic) bond motifs is 1. The van der Waals surface area contributed by atoms with Gasteiger partial charge in [0.2, 0.25) is 0 Å². The van der Waals surface area contributed by atoms with Crippen LogP contribution in [-0.4, -0.2) is 42.2 Å². The Balaban J connectivity index is 1.66. The second kappa shape index (κ2) is 7.88. The lowest BCUT2D eigenvalue weighted by Gasteiger charge is -2.35. The molecule has 3 aromatic rings. The first-order valence-corrected chi connectivity index (χ1v) is 11.5. The van der Waals surface area contributed by atoms with Crippen LogP contribution in [-0.2, 0) is 17.1 Å². The molecule has 1 fully saturated rings. The average Bonchev–Trinajstić information content (AvgIpc) is 3.03. The van der Waals surface area contributed by atoms with Crippen molar-refractivity contribution in [3.63, 3.8) is 0 Å². The first kappa shape index (κ1) is 21.2. The molecule has 1 amide bonds. The molecule has 2 N–H and O–H groups in total. The van der Waals surface area contributed by atoms with E-state index in [1.807, 2.05) is 36.9 Å². The fourth-order valence-electron chi connectivity index (χ4n) is 4.39. The highest BCUT2D eigenvalue weighted by Crippen LogP contribution is 2.38. The first-order valence-electron chi connectivity index (χ1n) is 10.0. The number of likely N-dealkylation sites (tertiary alicyclic amines) is 1. The lowest BCUT2D eigenvalue weighted by atomic mass is 9.81. The standard InChI is InChI=1S/C22H24FN3O4S/c1-14-12-26(22(27)28)10-9-18(14)20-13-25(2)21-8-5-16(11-19(20)21)24-31(29,30)17-6-3-15(23)4-7-17/h3-8,11,13-14,18,24H,9-10,12H2,1-2H3,(H,27,28)/t14-,18+/m0/s1. The maximum atomic E-state index is 13.1. The van der Waals surface area contributed by atoms with Gasteiger partial charge in [-0.2, -0.15) is 0 Å². The third-order valence-electron chi connectivity index (χ3n) is 5.97. The predicted octanol–water partition coefficient (Wildman–Crippen LogP) is 4.22. The van der Waals surface area contributed by atoms with Crippen LogP contribution >= 0.6 is 0 Å². The van der Waals surface area contributed by atoms with Crippen LogP contribution in [0.2, 0.25) is 0 Å². The second-order valence-electron chi connectivity index (χ2n) is 8.09. The van der Waals surface area contributed by atoms with E-state index in [9.17, 15) is 22.7 Å². The molecule has 0 spiro atoms. The predicted molar refractivity (Wildman–Crippen MR) is 116 cm³/mol. The molecule has 31 heavy (non-hydrogen) atoms. The summed E-state index contributed by atoms with van der Waals surface area (Å²) in [7, 11) is -1.92. The average molecular weight is 446 g/mol. The van der Waals surface area contributed by atoms with Crippen molar-refractivity contribution in [2.24, 2.45) is 13.0 Å². The van der Waals surface area contributed by atoms with E-state index >= 15 is 0 Å². The number of rotatable bonds is 4. The number of hydrogen-bond acceptors (Lipinski definition) is 3. The summed E-state index contributed by atoms with van der Waals surface area (Å²) in [5.74, 6) is -0.198. The number of aromatic nitrogens is 1. The van der Waals surface area contributed by atoms with Crippen LogP contribution < -0.4 is 4.72 Å². The highest BCUT2D eigenvalue weighted by atomic mass is 32.2. The van der Waals surface area contributed by atoms with Crippen molar-refractivity contribution in [1.29, 1.82) is 0 Å². The zero-order valence-electron chi connectivity index (χ0n) is 17.2. The van der Waals surface area contributed by atoms with Crippen LogP contribution in [0.1, 0.15) is 24.8 Å². The molecule has 1 saturated heterocycles. The molecular formula is C22H24FN3O4S. The van der Waals surface area contributed by atoms with E-state index in [2.05, 4.69) is 4.72 Å². The molecule has 0 bridgehead atoms. The van der Waals surface area contributed by atoms with Crippen LogP contribution in [0, 0.1) is 11.7 Å². The Morgan fingerprint density at radius 1 is 1.19 bits per heavy atom. The van der Waals surface area contributed by atoms with Crippen LogP contribution in [0.15, 0.2) is 53.6 Å². The van der Waals surface area contributed by atoms with E-state index in [1.54, 1.807) is 6.07 Å². The summed E-state index contributed by atoms with van der Waals surface area (Å²) in [6.45, 7) is 2.98. The number of nitrogens with one attached hydrogen (secondary N) is 1. The Labute approximate surface area is 180 Å². The number of carboxylic acid groups (broad SMARTS) is 1. The van der Waals surface area contributed by atoms with Crippen LogP contribution in [0.3, 0.4) is 0 Å². The lowest BCUT2D eigenvalue weighted by molar-refractivity contribution is 0.116. The van der Waals surface area contributed by atoms with Gasteiger partial charge in [-0.3, -0.25) is 4.72 Å². The van der Waals surface area contributed by atoms with Gasteiger partial charge in [0, 0.05) is 42.9 Å². The van der Waals surface area contributed by atoms with Crippen LogP contribution in [0.5, 0.6) is 0 Å². The van der Waals surface area contributed by atoms with Crippen molar-refractivity contribution in [3.8, 4) is 0 Å². The molecule has 0 unspecified atom stereocenters. The van der Waals surface area contributed by atoms with Gasteiger partial charge in [-0.15, -0.1) is 0 Å². The zero-order valence-corrected chi connectivity index (χ0v) is 18.1. The Morgan fingerprint density at radius 3 is 2.55 bits per heavy atom. The van der Waals surface area contributed by atoms with Crippen LogP contribution in [0.4, 0.5) is 14.9 Å². The summed E-state index contributed by atoms with van der Waals surface area (Å²) < 4.78 is 43.1. The monoisotopic (exact) mass is 445 g/mol. The normalized spacial score (nSPS) is 19.5. The molecule has 1 aromatic heterocycles. The van der Waals surface area contributed by atoms with E-state index in [0.29, 0.717) is 25.2 Å². The number of hydrogen-bond donors (Lipinski definition) is 2. The minimum atomic E-state index is -3.85. The van der Waals surface area contributed by atoms with E-state index in [0.717, 1.165) is 28.6 Å². The summed E-state index contributed by atoms with van der Waals surface area (Å²) >= 11 is 0. The number of aryl methyl sites for hydroxylation is 1. The second-order valence-corrected chi connectivity index (χ2v) is 9.77. The minimum Gasteiger partial charge on any atom is -0.465 e. The molecule has 0 saturated carbocycles. The van der Waals surface area contributed by atoms with E-state index in [-0.39, 0.29) is 16.7 Å². The van der Waals surface area contributed by atoms with Crippen molar-refractivity contribution in [2.45, 2.75) is 24.2 Å². The topological polar surface area (TPSA) is 91.6 Å². The molecule has 164 valence electrons. The number of halogens is 1. The molecule has 2 heterocycles. The summed E-state index contributed by atoms with van der Waals surface area (Å²) in [6, 6.07) is 10.0. The van der Waals surface area contributed by atoms with Crippen molar-refractivity contribution < 1.29 is 22.7 Å². The first-order chi connectivity index (χ1) is 14.7. The maximum absolute atomic E-state index is 13.1. The van der Waals surface area contributed by atoms with Gasteiger partial charge in [0.25, 0.3) is 10.0 Å². The van der Waals surface area contributed by atoms with Crippen molar-refractivity contribution in [3.05, 3.63) is 60.0 Å². The molecular weight excluding hydrogens is 421 g/mol. The van der Waals surface area contributed by atoms with Gasteiger partial charge in [0.05, 0.1) is 4.90 Å². The number of piperidine rings is 1.